The fourth-order valence-corrected chi connectivity index (χ4v) is 6.02. The number of hydrogen-bond acceptors (Lipinski definition) is 9. The topological polar surface area (TPSA) is 141 Å². The maximum atomic E-state index is 13.6. The van der Waals surface area contributed by atoms with Crippen molar-refractivity contribution in [1.82, 2.24) is 10.2 Å². The van der Waals surface area contributed by atoms with E-state index in [1.54, 1.807) is 71.3 Å². The highest BCUT2D eigenvalue weighted by Crippen LogP contribution is 2.43. The smallest absolute Gasteiger partial charge is 0.338 e. The molecule has 1 fully saturated rings. The number of ether oxygens (including phenoxy) is 4. The van der Waals surface area contributed by atoms with Gasteiger partial charge in [-0.15, -0.1) is 0 Å². The summed E-state index contributed by atoms with van der Waals surface area (Å²) in [5.41, 5.74) is 0.782. The highest BCUT2D eigenvalue weighted by atomic mass is 16.8. The summed E-state index contributed by atoms with van der Waals surface area (Å²) in [6, 6.07) is 6.04. The Balaban J connectivity index is 1.82. The Labute approximate surface area is 297 Å². The van der Waals surface area contributed by atoms with Crippen LogP contribution in [0.4, 0.5) is 0 Å². The van der Waals surface area contributed by atoms with Crippen molar-refractivity contribution >= 4 is 29.8 Å². The van der Waals surface area contributed by atoms with E-state index in [1.165, 1.54) is 11.0 Å². The van der Waals surface area contributed by atoms with Gasteiger partial charge in [0.15, 0.2) is 5.79 Å². The number of nitrogens with zero attached hydrogens (tertiary/aromatic N) is 1. The quantitative estimate of drug-likeness (QED) is 0.109. The van der Waals surface area contributed by atoms with Crippen LogP contribution in [0.5, 0.6) is 0 Å². The molecule has 1 aliphatic heterocycles. The largest absolute Gasteiger partial charge is 0.460 e. The predicted octanol–water partition coefficient (Wildman–Crippen LogP) is 5.88. The second-order valence-electron chi connectivity index (χ2n) is 14.5. The van der Waals surface area contributed by atoms with E-state index in [2.05, 4.69) is 19.2 Å². The minimum atomic E-state index is -0.855. The summed E-state index contributed by atoms with van der Waals surface area (Å²) in [6.45, 7) is 9.26. The third-order valence-electron chi connectivity index (χ3n) is 8.73. The molecule has 1 aliphatic carbocycles. The van der Waals surface area contributed by atoms with Gasteiger partial charge in [0.25, 0.3) is 0 Å². The second-order valence-corrected chi connectivity index (χ2v) is 14.5. The van der Waals surface area contributed by atoms with Crippen LogP contribution in [-0.4, -0.2) is 90.2 Å². The number of carbonyl (C=O) groups is 4. The standard InChI is InChI=1S/C39H58N2O9/c1-8-10-12-22-39(23-13-11-9-2)48-32-25-29(36(45)40-30(26-42)19-21-34(44)49-38(3,4)5)24-31(35(32)50-39)47-37(46)28-17-14-27(15-18-28)16-20-33(43)41(6)7/h14-18,20,25,30-32,35,42H,8-13,19,21-24,26H2,1-7H3,(H,40,45)/t30-,31+,32+,35-/m0/s1. The minimum absolute atomic E-state index is 0.0301. The van der Waals surface area contributed by atoms with Gasteiger partial charge in [0.1, 0.15) is 23.9 Å². The summed E-state index contributed by atoms with van der Waals surface area (Å²) in [6.07, 6.45) is 10.5. The third-order valence-corrected chi connectivity index (χ3v) is 8.73. The van der Waals surface area contributed by atoms with Gasteiger partial charge in [-0.2, -0.15) is 0 Å². The maximum Gasteiger partial charge on any atom is 0.338 e. The average Bonchev–Trinajstić information content (AvgIpc) is 3.43. The molecule has 2 amide bonds. The van der Waals surface area contributed by atoms with Gasteiger partial charge in [-0.25, -0.2) is 4.79 Å². The molecule has 4 atom stereocenters. The molecular weight excluding hydrogens is 640 g/mol. The van der Waals surface area contributed by atoms with Crippen molar-refractivity contribution in [1.29, 1.82) is 0 Å². The van der Waals surface area contributed by atoms with Crippen molar-refractivity contribution < 1.29 is 43.2 Å². The van der Waals surface area contributed by atoms with Crippen molar-refractivity contribution in [3.63, 3.8) is 0 Å². The molecule has 1 heterocycles. The molecule has 3 rings (SSSR count). The van der Waals surface area contributed by atoms with Gasteiger partial charge in [0.05, 0.1) is 18.2 Å². The molecule has 2 aliphatic rings. The first-order chi connectivity index (χ1) is 23.7. The Morgan fingerprint density at radius 2 is 1.66 bits per heavy atom. The van der Waals surface area contributed by atoms with Gasteiger partial charge in [-0.1, -0.05) is 51.7 Å². The van der Waals surface area contributed by atoms with Crippen LogP contribution in [0.15, 0.2) is 42.0 Å². The SMILES string of the molecule is CCCCCC1(CCCCC)O[C@@H]2[C@@H](C=C(C(=O)N[C@H](CO)CCC(=O)OC(C)(C)C)C[C@H]2OC(=O)c2ccc(C=CC(=O)N(C)C)cc2)O1. The summed E-state index contributed by atoms with van der Waals surface area (Å²) in [5.74, 6) is -2.43. The summed E-state index contributed by atoms with van der Waals surface area (Å²) in [4.78, 5) is 52.8. The van der Waals surface area contributed by atoms with Crippen LogP contribution in [0.2, 0.25) is 0 Å². The zero-order valence-corrected chi connectivity index (χ0v) is 31.0. The van der Waals surface area contributed by atoms with Crippen LogP contribution < -0.4 is 5.32 Å². The number of carbonyl (C=O) groups excluding carboxylic acids is 4. The van der Waals surface area contributed by atoms with E-state index in [-0.39, 0.29) is 31.8 Å². The minimum Gasteiger partial charge on any atom is -0.460 e. The van der Waals surface area contributed by atoms with Crippen molar-refractivity contribution in [3.8, 4) is 0 Å². The molecular formula is C39H58N2O9. The molecule has 11 nitrogen and oxygen atoms in total. The Bertz CT molecular complexity index is 1340. The summed E-state index contributed by atoms with van der Waals surface area (Å²) < 4.78 is 24.8. The molecule has 1 saturated heterocycles. The molecule has 2 N–H and O–H groups in total. The number of amides is 2. The van der Waals surface area contributed by atoms with Crippen LogP contribution in [0.25, 0.3) is 6.08 Å². The molecule has 0 bridgehead atoms. The molecule has 1 aromatic carbocycles. The summed E-state index contributed by atoms with van der Waals surface area (Å²) in [5, 5.41) is 12.9. The number of aliphatic hydroxyl groups excluding tert-OH is 1. The lowest BCUT2D eigenvalue weighted by Gasteiger charge is -2.31. The van der Waals surface area contributed by atoms with Gasteiger partial charge in [-0.3, -0.25) is 14.4 Å². The van der Waals surface area contributed by atoms with Crippen LogP contribution in [-0.2, 0) is 33.3 Å². The Kier molecular flexibility index (Phi) is 15.7. The molecule has 0 radical (unpaired) electrons. The molecule has 278 valence electrons. The molecule has 50 heavy (non-hydrogen) atoms. The molecule has 1 aromatic rings. The van der Waals surface area contributed by atoms with E-state index in [9.17, 15) is 24.3 Å². The molecule has 0 aromatic heterocycles. The fraction of sp³-hybridized carbons (Fsp3) is 0.641. The second kappa shape index (κ2) is 19.2. The first kappa shape index (κ1) is 40.9. The predicted molar refractivity (Wildman–Crippen MR) is 191 cm³/mol. The van der Waals surface area contributed by atoms with Gasteiger partial charge in [0, 0.05) is 51.4 Å². The van der Waals surface area contributed by atoms with Crippen molar-refractivity contribution in [2.24, 2.45) is 0 Å². The first-order valence-corrected chi connectivity index (χ1v) is 18.1. The number of rotatable bonds is 18. The van der Waals surface area contributed by atoms with E-state index >= 15 is 0 Å². The molecule has 0 spiro atoms. The Morgan fingerprint density at radius 1 is 1.02 bits per heavy atom. The fourth-order valence-electron chi connectivity index (χ4n) is 6.02. The average molecular weight is 699 g/mol. The molecule has 0 unspecified atom stereocenters. The lowest BCUT2D eigenvalue weighted by Crippen LogP contribution is -2.45. The van der Waals surface area contributed by atoms with E-state index < -0.39 is 53.6 Å². The third kappa shape index (κ3) is 12.7. The van der Waals surface area contributed by atoms with Crippen molar-refractivity contribution in [2.45, 2.75) is 141 Å². The number of esters is 2. The van der Waals surface area contributed by atoms with E-state index in [1.807, 2.05) is 0 Å². The lowest BCUT2D eigenvalue weighted by molar-refractivity contribution is -0.190. The maximum absolute atomic E-state index is 13.6. The van der Waals surface area contributed by atoms with E-state index in [4.69, 9.17) is 18.9 Å². The van der Waals surface area contributed by atoms with Crippen LogP contribution in [0, 0.1) is 0 Å². The van der Waals surface area contributed by atoms with E-state index in [0.717, 1.165) is 44.1 Å². The Morgan fingerprint density at radius 3 is 2.22 bits per heavy atom. The zero-order chi connectivity index (χ0) is 36.9. The highest BCUT2D eigenvalue weighted by Gasteiger charge is 2.52. The van der Waals surface area contributed by atoms with E-state index in [0.29, 0.717) is 24.0 Å². The number of hydrogen-bond donors (Lipinski definition) is 2. The van der Waals surface area contributed by atoms with Crippen molar-refractivity contribution in [3.05, 3.63) is 53.1 Å². The number of aliphatic hydroxyl groups is 1. The molecule has 0 saturated carbocycles. The number of benzene rings is 1. The first-order valence-electron chi connectivity index (χ1n) is 18.1. The summed E-state index contributed by atoms with van der Waals surface area (Å²) >= 11 is 0. The summed E-state index contributed by atoms with van der Waals surface area (Å²) in [7, 11) is 3.34. The zero-order valence-electron chi connectivity index (χ0n) is 31.0. The highest BCUT2D eigenvalue weighted by molar-refractivity contribution is 5.95. The van der Waals surface area contributed by atoms with Crippen LogP contribution in [0.3, 0.4) is 0 Å². The number of likely N-dealkylation sites (N-methyl/N-ethyl adjacent to an activating group) is 1. The Hall–Kier alpha value is -3.54. The number of fused-ring (bicyclic) bond motifs is 1. The molecule has 11 heteroatoms. The lowest BCUT2D eigenvalue weighted by atomic mass is 9.91. The van der Waals surface area contributed by atoms with Crippen molar-refractivity contribution in [2.75, 3.05) is 20.7 Å². The van der Waals surface area contributed by atoms with Gasteiger partial charge in [-0.05, 0) is 69.9 Å². The normalized spacial score (nSPS) is 20.5. The number of unbranched alkanes of at least 4 members (excludes halogenated alkanes) is 4. The van der Waals surface area contributed by atoms with Crippen LogP contribution in [0.1, 0.15) is 121 Å². The van der Waals surface area contributed by atoms with Crippen LogP contribution >= 0.6 is 0 Å². The monoisotopic (exact) mass is 698 g/mol. The van der Waals surface area contributed by atoms with Gasteiger partial charge < -0.3 is 34.3 Å². The van der Waals surface area contributed by atoms with Gasteiger partial charge >= 0.3 is 11.9 Å². The van der Waals surface area contributed by atoms with Gasteiger partial charge in [0.2, 0.25) is 11.8 Å². The number of nitrogens with one attached hydrogen (secondary N) is 1.